The Labute approximate surface area is 139 Å². The number of methoxy groups -OCH3 is 1. The molecule has 1 aromatic rings. The van der Waals surface area contributed by atoms with Gasteiger partial charge in [-0.05, 0) is 38.9 Å². The average Bonchev–Trinajstić information content (AvgIpc) is 2.55. The molecule has 0 aromatic heterocycles. The third-order valence-electron chi connectivity index (χ3n) is 3.85. The maximum atomic E-state index is 11.4. The van der Waals surface area contributed by atoms with Crippen LogP contribution in [0.5, 0.6) is 5.75 Å². The molecule has 0 bridgehead atoms. The first-order valence-electron chi connectivity index (χ1n) is 8.22. The van der Waals surface area contributed by atoms with Crippen LogP contribution in [0.15, 0.2) is 18.2 Å². The molecule has 1 rings (SSSR count). The zero-order valence-electron chi connectivity index (χ0n) is 14.7. The molecule has 1 N–H and O–H groups in total. The summed E-state index contributed by atoms with van der Waals surface area (Å²) < 4.78 is 10.3. The van der Waals surface area contributed by atoms with Crippen LogP contribution in [-0.4, -0.2) is 49.3 Å². The lowest BCUT2D eigenvalue weighted by Crippen LogP contribution is -2.28. The van der Waals surface area contributed by atoms with Crippen molar-refractivity contribution in [2.45, 2.75) is 39.7 Å². The summed E-state index contributed by atoms with van der Waals surface area (Å²) in [6.07, 6.45) is 0.392. The van der Waals surface area contributed by atoms with Crippen LogP contribution in [0.2, 0.25) is 0 Å². The molecule has 130 valence electrons. The summed E-state index contributed by atoms with van der Waals surface area (Å²) >= 11 is 0. The molecule has 0 heterocycles. The summed E-state index contributed by atoms with van der Waals surface area (Å²) in [5, 5.41) is 10.5. The van der Waals surface area contributed by atoms with E-state index in [-0.39, 0.29) is 5.97 Å². The molecule has 0 aliphatic rings. The number of nitrogens with zero attached hydrogens (tertiary/aromatic N) is 1. The number of aliphatic hydroxyl groups excluding tert-OH is 1. The summed E-state index contributed by atoms with van der Waals surface area (Å²) in [4.78, 5) is 13.6. The highest BCUT2D eigenvalue weighted by Gasteiger charge is 2.15. The molecule has 0 fully saturated rings. The average molecular weight is 323 g/mol. The lowest BCUT2D eigenvalue weighted by Gasteiger charge is -2.22. The Hall–Kier alpha value is -1.59. The van der Waals surface area contributed by atoms with E-state index in [1.165, 1.54) is 0 Å². The van der Waals surface area contributed by atoms with Gasteiger partial charge in [0.1, 0.15) is 5.75 Å². The first-order chi connectivity index (χ1) is 11.0. The van der Waals surface area contributed by atoms with Gasteiger partial charge in [-0.3, -0.25) is 4.79 Å². The van der Waals surface area contributed by atoms with Crippen molar-refractivity contribution in [3.05, 3.63) is 29.3 Å². The van der Waals surface area contributed by atoms with Crippen LogP contribution in [0.25, 0.3) is 0 Å². The van der Waals surface area contributed by atoms with E-state index in [1.807, 2.05) is 32.0 Å². The van der Waals surface area contributed by atoms with E-state index < -0.39 is 6.10 Å². The SMILES string of the molecule is CCOC(=O)CCN(CC)CCC(O)c1cc(C)ccc1OC. The Kier molecular flexibility index (Phi) is 8.66. The minimum absolute atomic E-state index is 0.174. The topological polar surface area (TPSA) is 59.0 Å². The zero-order chi connectivity index (χ0) is 17.2. The Morgan fingerprint density at radius 3 is 2.65 bits per heavy atom. The van der Waals surface area contributed by atoms with Crippen LogP contribution < -0.4 is 4.74 Å². The van der Waals surface area contributed by atoms with E-state index in [4.69, 9.17) is 9.47 Å². The van der Waals surface area contributed by atoms with Crippen molar-refractivity contribution >= 4 is 5.97 Å². The molecule has 23 heavy (non-hydrogen) atoms. The van der Waals surface area contributed by atoms with Crippen LogP contribution in [-0.2, 0) is 9.53 Å². The molecule has 1 atom stereocenters. The quantitative estimate of drug-likeness (QED) is 0.671. The summed E-state index contributed by atoms with van der Waals surface area (Å²) in [7, 11) is 1.61. The monoisotopic (exact) mass is 323 g/mol. The van der Waals surface area contributed by atoms with Gasteiger partial charge in [0, 0.05) is 18.7 Å². The van der Waals surface area contributed by atoms with E-state index in [1.54, 1.807) is 14.0 Å². The second kappa shape index (κ2) is 10.2. The van der Waals surface area contributed by atoms with Crippen LogP contribution >= 0.6 is 0 Å². The van der Waals surface area contributed by atoms with Gasteiger partial charge in [-0.1, -0.05) is 18.6 Å². The summed E-state index contributed by atoms with van der Waals surface area (Å²) in [5.74, 6) is 0.532. The molecule has 5 heteroatoms. The van der Waals surface area contributed by atoms with Gasteiger partial charge in [0.25, 0.3) is 0 Å². The fraction of sp³-hybridized carbons (Fsp3) is 0.611. The molecule has 5 nitrogen and oxygen atoms in total. The smallest absolute Gasteiger partial charge is 0.307 e. The van der Waals surface area contributed by atoms with Gasteiger partial charge in [0.2, 0.25) is 0 Å². The van der Waals surface area contributed by atoms with Crippen molar-refractivity contribution in [2.75, 3.05) is 33.4 Å². The number of carbonyl (C=O) groups excluding carboxylic acids is 1. The first kappa shape index (κ1) is 19.5. The van der Waals surface area contributed by atoms with E-state index in [0.717, 1.165) is 17.7 Å². The lowest BCUT2D eigenvalue weighted by molar-refractivity contribution is -0.143. The highest BCUT2D eigenvalue weighted by atomic mass is 16.5. The Morgan fingerprint density at radius 2 is 2.04 bits per heavy atom. The molecule has 1 aromatic carbocycles. The number of benzene rings is 1. The Bertz CT molecular complexity index is 490. The number of esters is 1. The Morgan fingerprint density at radius 1 is 1.30 bits per heavy atom. The van der Waals surface area contributed by atoms with Gasteiger partial charge in [-0.15, -0.1) is 0 Å². The van der Waals surface area contributed by atoms with Crippen molar-refractivity contribution in [1.82, 2.24) is 4.90 Å². The van der Waals surface area contributed by atoms with E-state index in [0.29, 0.717) is 38.3 Å². The summed E-state index contributed by atoms with van der Waals surface area (Å²) in [6, 6.07) is 5.80. The second-order valence-corrected chi connectivity index (χ2v) is 5.54. The molecule has 0 saturated heterocycles. The fourth-order valence-electron chi connectivity index (χ4n) is 2.49. The number of carbonyl (C=O) groups is 1. The number of rotatable bonds is 10. The van der Waals surface area contributed by atoms with Crippen molar-refractivity contribution in [1.29, 1.82) is 0 Å². The van der Waals surface area contributed by atoms with Gasteiger partial charge >= 0.3 is 5.97 Å². The molecular formula is C18H29NO4. The third-order valence-corrected chi connectivity index (χ3v) is 3.85. The third kappa shape index (κ3) is 6.59. The summed E-state index contributed by atoms with van der Waals surface area (Å²) in [6.45, 7) is 8.45. The van der Waals surface area contributed by atoms with E-state index in [2.05, 4.69) is 4.90 Å². The van der Waals surface area contributed by atoms with E-state index >= 15 is 0 Å². The van der Waals surface area contributed by atoms with E-state index in [9.17, 15) is 9.90 Å². The van der Waals surface area contributed by atoms with Crippen molar-refractivity contribution < 1.29 is 19.4 Å². The maximum absolute atomic E-state index is 11.4. The maximum Gasteiger partial charge on any atom is 0.307 e. The van der Waals surface area contributed by atoms with Gasteiger partial charge in [0.05, 0.1) is 26.2 Å². The van der Waals surface area contributed by atoms with Gasteiger partial charge in [-0.2, -0.15) is 0 Å². The minimum Gasteiger partial charge on any atom is -0.496 e. The molecule has 0 saturated carbocycles. The normalized spacial score (nSPS) is 12.3. The van der Waals surface area contributed by atoms with Crippen molar-refractivity contribution in [3.63, 3.8) is 0 Å². The van der Waals surface area contributed by atoms with Gasteiger partial charge in [0.15, 0.2) is 0 Å². The molecule has 0 spiro atoms. The molecule has 0 radical (unpaired) electrons. The van der Waals surface area contributed by atoms with Crippen molar-refractivity contribution in [3.8, 4) is 5.75 Å². The number of hydrogen-bond donors (Lipinski definition) is 1. The second-order valence-electron chi connectivity index (χ2n) is 5.54. The number of ether oxygens (including phenoxy) is 2. The molecule has 1 unspecified atom stereocenters. The molecule has 0 aliphatic heterocycles. The molecule has 0 aliphatic carbocycles. The largest absolute Gasteiger partial charge is 0.496 e. The zero-order valence-corrected chi connectivity index (χ0v) is 14.7. The van der Waals surface area contributed by atoms with Crippen LogP contribution in [0.1, 0.15) is 43.9 Å². The highest BCUT2D eigenvalue weighted by molar-refractivity contribution is 5.69. The van der Waals surface area contributed by atoms with Crippen LogP contribution in [0.4, 0.5) is 0 Å². The summed E-state index contributed by atoms with van der Waals surface area (Å²) in [5.41, 5.74) is 1.91. The number of hydrogen-bond acceptors (Lipinski definition) is 5. The predicted molar refractivity (Wildman–Crippen MR) is 90.7 cm³/mol. The van der Waals surface area contributed by atoms with Gasteiger partial charge < -0.3 is 19.5 Å². The first-order valence-corrected chi connectivity index (χ1v) is 8.22. The van der Waals surface area contributed by atoms with Crippen molar-refractivity contribution in [2.24, 2.45) is 0 Å². The predicted octanol–water partition coefficient (Wildman–Crippen LogP) is 2.70. The number of aliphatic hydroxyl groups is 1. The molecular weight excluding hydrogens is 294 g/mol. The number of aryl methyl sites for hydroxylation is 1. The Balaban J connectivity index is 2.54. The highest BCUT2D eigenvalue weighted by Crippen LogP contribution is 2.28. The molecule has 0 amide bonds. The minimum atomic E-state index is -0.582. The van der Waals surface area contributed by atoms with Gasteiger partial charge in [-0.25, -0.2) is 0 Å². The lowest BCUT2D eigenvalue weighted by atomic mass is 10.0. The van der Waals surface area contributed by atoms with Crippen LogP contribution in [0, 0.1) is 6.92 Å². The fourth-order valence-corrected chi connectivity index (χ4v) is 2.49. The van der Waals surface area contributed by atoms with Crippen LogP contribution in [0.3, 0.4) is 0 Å². The standard InChI is InChI=1S/C18H29NO4/c1-5-19(12-10-18(21)23-6-2)11-9-16(20)15-13-14(3)7-8-17(15)22-4/h7-8,13,16,20H,5-6,9-12H2,1-4H3.